The normalized spacial score (nSPS) is 26.9. The van der Waals surface area contributed by atoms with Crippen LogP contribution in [0.2, 0.25) is 0 Å². The van der Waals surface area contributed by atoms with Gasteiger partial charge in [-0.15, -0.1) is 0 Å². The Morgan fingerprint density at radius 1 is 1.23 bits per heavy atom. The molecule has 5 heteroatoms. The van der Waals surface area contributed by atoms with E-state index >= 15 is 0 Å². The van der Waals surface area contributed by atoms with E-state index in [2.05, 4.69) is 33.9 Å². The lowest BCUT2D eigenvalue weighted by molar-refractivity contribution is 0.255. The van der Waals surface area contributed by atoms with Gasteiger partial charge >= 0.3 is 0 Å². The smallest absolute Gasteiger partial charge is 0.160 e. The Bertz CT molecular complexity index is 674. The van der Waals surface area contributed by atoms with E-state index < -0.39 is 0 Å². The van der Waals surface area contributed by atoms with Crippen molar-refractivity contribution in [2.75, 3.05) is 5.75 Å². The van der Waals surface area contributed by atoms with Gasteiger partial charge in [0.1, 0.15) is 6.04 Å². The molecule has 4 rings (SSSR count). The third-order valence-electron chi connectivity index (χ3n) is 4.36. The molecule has 0 amide bonds. The molecule has 2 aromatic heterocycles. The van der Waals surface area contributed by atoms with E-state index in [9.17, 15) is 0 Å². The highest BCUT2D eigenvalue weighted by Gasteiger charge is 2.45. The van der Waals surface area contributed by atoms with Crippen molar-refractivity contribution in [3.8, 4) is 0 Å². The molecule has 0 spiro atoms. The van der Waals surface area contributed by atoms with Gasteiger partial charge in [-0.3, -0.25) is 15.0 Å². The van der Waals surface area contributed by atoms with Gasteiger partial charge < -0.3 is 4.90 Å². The highest BCUT2D eigenvalue weighted by molar-refractivity contribution is 8.14. The molecule has 0 unspecified atom stereocenters. The molecule has 112 valence electrons. The second kappa shape index (κ2) is 5.72. The number of nitrogens with zero attached hydrogens (tertiary/aromatic N) is 4. The fraction of sp³-hybridized carbons (Fsp3) is 0.353. The molecule has 1 fully saturated rings. The minimum absolute atomic E-state index is 0.0576. The highest BCUT2D eigenvalue weighted by atomic mass is 32.2. The summed E-state index contributed by atoms with van der Waals surface area (Å²) in [6.07, 6.45) is 6.78. The Labute approximate surface area is 134 Å². The third kappa shape index (κ3) is 2.20. The van der Waals surface area contributed by atoms with Crippen LogP contribution in [0.5, 0.6) is 0 Å². The molecule has 2 aromatic rings. The molecule has 0 aliphatic carbocycles. The summed E-state index contributed by atoms with van der Waals surface area (Å²) in [5.74, 6) is 1.13. The zero-order chi connectivity index (χ0) is 14.9. The van der Waals surface area contributed by atoms with E-state index in [-0.39, 0.29) is 12.1 Å². The molecule has 0 radical (unpaired) electrons. The first kappa shape index (κ1) is 13.8. The van der Waals surface area contributed by atoms with Crippen molar-refractivity contribution in [2.24, 2.45) is 4.99 Å². The fourth-order valence-electron chi connectivity index (χ4n) is 3.26. The summed E-state index contributed by atoms with van der Waals surface area (Å²) in [5.41, 5.74) is 2.26. The van der Waals surface area contributed by atoms with Crippen molar-refractivity contribution in [1.29, 1.82) is 0 Å². The lowest BCUT2D eigenvalue weighted by atomic mass is 9.96. The molecular formula is C17H18N4S. The predicted octanol–water partition coefficient (Wildman–Crippen LogP) is 3.46. The van der Waals surface area contributed by atoms with Gasteiger partial charge in [0, 0.05) is 30.4 Å². The van der Waals surface area contributed by atoms with Crippen molar-refractivity contribution in [2.45, 2.75) is 31.5 Å². The maximum absolute atomic E-state index is 4.99. The number of amidine groups is 1. The van der Waals surface area contributed by atoms with Crippen LogP contribution >= 0.6 is 11.8 Å². The van der Waals surface area contributed by atoms with Gasteiger partial charge in [-0.2, -0.15) is 0 Å². The van der Waals surface area contributed by atoms with E-state index in [0.717, 1.165) is 23.0 Å². The first-order chi connectivity index (χ1) is 10.9. The topological polar surface area (TPSA) is 41.4 Å². The first-order valence-corrected chi connectivity index (χ1v) is 8.67. The van der Waals surface area contributed by atoms with Gasteiger partial charge in [0.05, 0.1) is 11.7 Å². The van der Waals surface area contributed by atoms with Crippen molar-refractivity contribution in [1.82, 2.24) is 14.9 Å². The summed E-state index contributed by atoms with van der Waals surface area (Å²) < 4.78 is 0. The quantitative estimate of drug-likeness (QED) is 0.870. The molecule has 4 heterocycles. The summed E-state index contributed by atoms with van der Waals surface area (Å²) in [4.78, 5) is 16.3. The van der Waals surface area contributed by atoms with Crippen molar-refractivity contribution < 1.29 is 0 Å². The van der Waals surface area contributed by atoms with Gasteiger partial charge in [0.15, 0.2) is 5.17 Å². The molecule has 0 saturated carbocycles. The second-order valence-corrected chi connectivity index (χ2v) is 6.61. The largest absolute Gasteiger partial charge is 0.338 e. The zero-order valence-electron chi connectivity index (χ0n) is 12.5. The standard InChI is InChI=1S/C17H18N4S/c1-2-13-11-22-17-20-15(14-7-3-4-9-19-14)16(21(13)17)12-6-5-8-18-10-12/h3-10,13,15-16H,2,11H2,1H3/t13-,15+,16-/m1/s1. The zero-order valence-corrected chi connectivity index (χ0v) is 13.3. The number of rotatable bonds is 3. The van der Waals surface area contributed by atoms with Gasteiger partial charge in [-0.05, 0) is 30.2 Å². The van der Waals surface area contributed by atoms with Crippen LogP contribution in [0.25, 0.3) is 0 Å². The SMILES string of the molecule is CC[C@@H]1CSC2=N[C@@H](c3ccccn3)[C@@H](c3cccnc3)N21. The summed E-state index contributed by atoms with van der Waals surface area (Å²) in [6.45, 7) is 2.25. The molecule has 0 N–H and O–H groups in total. The van der Waals surface area contributed by atoms with Gasteiger partial charge in [-0.25, -0.2) is 0 Å². The van der Waals surface area contributed by atoms with Gasteiger partial charge in [0.2, 0.25) is 0 Å². The monoisotopic (exact) mass is 310 g/mol. The van der Waals surface area contributed by atoms with E-state index in [1.165, 1.54) is 5.56 Å². The van der Waals surface area contributed by atoms with Gasteiger partial charge in [-0.1, -0.05) is 30.8 Å². The summed E-state index contributed by atoms with van der Waals surface area (Å²) in [6, 6.07) is 11.0. The highest BCUT2D eigenvalue weighted by Crippen LogP contribution is 2.48. The number of hydrogen-bond donors (Lipinski definition) is 0. The van der Waals surface area contributed by atoms with Crippen LogP contribution < -0.4 is 0 Å². The van der Waals surface area contributed by atoms with Crippen molar-refractivity contribution in [3.05, 3.63) is 60.2 Å². The summed E-state index contributed by atoms with van der Waals surface area (Å²) in [5, 5.41) is 1.16. The van der Waals surface area contributed by atoms with Crippen LogP contribution in [0.4, 0.5) is 0 Å². The average molecular weight is 310 g/mol. The van der Waals surface area contributed by atoms with Crippen LogP contribution in [-0.2, 0) is 0 Å². The predicted molar refractivity (Wildman–Crippen MR) is 89.8 cm³/mol. The lowest BCUT2D eigenvalue weighted by Gasteiger charge is -2.31. The number of hydrogen-bond acceptors (Lipinski definition) is 5. The minimum Gasteiger partial charge on any atom is -0.338 e. The molecule has 0 bridgehead atoms. The average Bonchev–Trinajstić information content (AvgIpc) is 3.15. The molecule has 4 nitrogen and oxygen atoms in total. The molecule has 3 atom stereocenters. The van der Waals surface area contributed by atoms with Crippen molar-refractivity contribution in [3.63, 3.8) is 0 Å². The lowest BCUT2D eigenvalue weighted by Crippen LogP contribution is -2.35. The number of pyridine rings is 2. The fourth-order valence-corrected chi connectivity index (χ4v) is 4.60. The number of thioether (sulfide) groups is 1. The summed E-state index contributed by atoms with van der Waals surface area (Å²) >= 11 is 1.87. The Kier molecular flexibility index (Phi) is 3.58. The maximum atomic E-state index is 4.99. The van der Waals surface area contributed by atoms with Crippen LogP contribution in [-0.4, -0.2) is 31.8 Å². The van der Waals surface area contributed by atoms with Crippen LogP contribution in [0.15, 0.2) is 53.9 Å². The molecule has 2 aliphatic heterocycles. The Balaban J connectivity index is 1.79. The van der Waals surface area contributed by atoms with Crippen molar-refractivity contribution >= 4 is 16.9 Å². The summed E-state index contributed by atoms with van der Waals surface area (Å²) in [7, 11) is 0. The van der Waals surface area contributed by atoms with Gasteiger partial charge in [0.25, 0.3) is 0 Å². The van der Waals surface area contributed by atoms with E-state index in [4.69, 9.17) is 4.99 Å². The maximum Gasteiger partial charge on any atom is 0.160 e. The van der Waals surface area contributed by atoms with Crippen LogP contribution in [0.1, 0.15) is 36.7 Å². The Hall–Kier alpha value is -1.88. The number of fused-ring (bicyclic) bond motifs is 1. The molecule has 2 aliphatic rings. The number of aliphatic imine (C=N–C) groups is 1. The van der Waals surface area contributed by atoms with E-state index in [1.807, 2.05) is 48.6 Å². The van der Waals surface area contributed by atoms with E-state index in [1.54, 1.807) is 0 Å². The van der Waals surface area contributed by atoms with Crippen LogP contribution in [0.3, 0.4) is 0 Å². The Morgan fingerprint density at radius 2 is 2.18 bits per heavy atom. The third-order valence-corrected chi connectivity index (χ3v) is 5.48. The molecule has 1 saturated heterocycles. The van der Waals surface area contributed by atoms with Crippen LogP contribution in [0, 0.1) is 0 Å². The molecule has 22 heavy (non-hydrogen) atoms. The Morgan fingerprint density at radius 3 is 2.91 bits per heavy atom. The minimum atomic E-state index is 0.0576. The second-order valence-electron chi connectivity index (χ2n) is 5.62. The molecule has 0 aromatic carbocycles. The number of aromatic nitrogens is 2. The van der Waals surface area contributed by atoms with E-state index in [0.29, 0.717) is 6.04 Å². The first-order valence-electron chi connectivity index (χ1n) is 7.68. The molecular weight excluding hydrogens is 292 g/mol.